The van der Waals surface area contributed by atoms with E-state index >= 15 is 0 Å². The Morgan fingerprint density at radius 3 is 2.57 bits per heavy atom. The first-order valence-electron chi connectivity index (χ1n) is 10.1. The Morgan fingerprint density at radius 2 is 1.87 bits per heavy atom. The summed E-state index contributed by atoms with van der Waals surface area (Å²) in [6, 6.07) is 13.2. The maximum Gasteiger partial charge on any atom is 0.419 e. The van der Waals surface area contributed by atoms with Crippen molar-refractivity contribution in [3.63, 3.8) is 0 Å². The first-order valence-corrected chi connectivity index (χ1v) is 10.1. The molecule has 156 valence electrons. The third-order valence-electron chi connectivity index (χ3n) is 4.79. The van der Waals surface area contributed by atoms with Gasteiger partial charge in [0, 0.05) is 17.5 Å². The Hall–Kier alpha value is -3.28. The molecule has 0 bridgehead atoms. The minimum atomic E-state index is -0.651. The molecule has 0 fully saturated rings. The van der Waals surface area contributed by atoms with E-state index in [-0.39, 0.29) is 12.0 Å². The fraction of sp³-hybridized carbons (Fsp3) is 0.333. The fourth-order valence-electron chi connectivity index (χ4n) is 3.74. The molecule has 1 aliphatic heterocycles. The van der Waals surface area contributed by atoms with Crippen LogP contribution < -0.4 is 10.1 Å². The number of carbonyl (C=O) groups is 2. The zero-order chi connectivity index (χ0) is 21.6. The Kier molecular flexibility index (Phi) is 4.80. The number of rotatable bonds is 3. The smallest absolute Gasteiger partial charge is 0.419 e. The molecule has 30 heavy (non-hydrogen) atoms. The Balaban J connectivity index is 1.98. The van der Waals surface area contributed by atoms with Crippen LogP contribution in [0.5, 0.6) is 5.75 Å². The molecule has 1 aliphatic rings. The number of para-hydroxylation sites is 1. The van der Waals surface area contributed by atoms with Crippen LogP contribution in [-0.4, -0.2) is 28.3 Å². The van der Waals surface area contributed by atoms with Crippen molar-refractivity contribution in [2.75, 3.05) is 0 Å². The molecule has 0 saturated heterocycles. The van der Waals surface area contributed by atoms with Gasteiger partial charge in [-0.15, -0.1) is 0 Å². The molecule has 1 amide bonds. The summed E-state index contributed by atoms with van der Waals surface area (Å²) in [6.45, 7) is 9.83. The molecule has 1 aromatic heterocycles. The van der Waals surface area contributed by atoms with Gasteiger partial charge in [0.25, 0.3) is 5.91 Å². The van der Waals surface area contributed by atoms with Crippen LogP contribution in [0.2, 0.25) is 0 Å². The molecule has 2 heterocycles. The van der Waals surface area contributed by atoms with E-state index in [2.05, 4.69) is 5.32 Å². The lowest BCUT2D eigenvalue weighted by molar-refractivity contribution is 0.0547. The second-order valence-electron chi connectivity index (χ2n) is 8.76. The predicted octanol–water partition coefficient (Wildman–Crippen LogP) is 5.12. The van der Waals surface area contributed by atoms with Crippen molar-refractivity contribution in [1.82, 2.24) is 9.88 Å². The van der Waals surface area contributed by atoms with Gasteiger partial charge >= 0.3 is 6.09 Å². The van der Waals surface area contributed by atoms with Crippen molar-refractivity contribution in [1.29, 1.82) is 0 Å². The van der Waals surface area contributed by atoms with Crippen LogP contribution in [-0.2, 0) is 11.3 Å². The van der Waals surface area contributed by atoms with Gasteiger partial charge in [0.2, 0.25) is 0 Å². The van der Waals surface area contributed by atoms with Crippen LogP contribution in [0.1, 0.15) is 50.5 Å². The predicted molar refractivity (Wildman–Crippen MR) is 116 cm³/mol. The lowest BCUT2D eigenvalue weighted by Gasteiger charge is -2.21. The lowest BCUT2D eigenvalue weighted by atomic mass is 9.99. The van der Waals surface area contributed by atoms with Gasteiger partial charge in [-0.2, -0.15) is 0 Å². The normalized spacial score (nSPS) is 13.5. The second-order valence-corrected chi connectivity index (χ2v) is 8.76. The first-order chi connectivity index (χ1) is 14.1. The number of nitrogens with zero attached hydrogens (tertiary/aromatic N) is 1. The number of hydrogen-bond donors (Lipinski definition) is 1. The maximum absolute atomic E-state index is 13.2. The largest absolute Gasteiger partial charge is 0.491 e. The zero-order valence-electron chi connectivity index (χ0n) is 17.9. The summed E-state index contributed by atoms with van der Waals surface area (Å²) < 4.78 is 13.2. The van der Waals surface area contributed by atoms with Crippen molar-refractivity contribution in [3.8, 4) is 17.0 Å². The Morgan fingerprint density at radius 1 is 1.13 bits per heavy atom. The molecule has 4 rings (SSSR count). The van der Waals surface area contributed by atoms with Gasteiger partial charge in [-0.05, 0) is 64.4 Å². The van der Waals surface area contributed by atoms with E-state index in [9.17, 15) is 9.59 Å². The highest BCUT2D eigenvalue weighted by atomic mass is 16.6. The van der Waals surface area contributed by atoms with E-state index in [0.717, 1.165) is 16.5 Å². The third kappa shape index (κ3) is 3.65. The molecule has 0 spiro atoms. The molecule has 0 radical (unpaired) electrons. The number of hydrogen-bond acceptors (Lipinski definition) is 4. The van der Waals surface area contributed by atoms with Crippen LogP contribution in [0.15, 0.2) is 42.5 Å². The monoisotopic (exact) mass is 406 g/mol. The number of amides is 1. The van der Waals surface area contributed by atoms with E-state index in [1.165, 1.54) is 0 Å². The Labute approximate surface area is 175 Å². The number of carbonyl (C=O) groups excluding carboxylic acids is 2. The highest BCUT2D eigenvalue weighted by Gasteiger charge is 2.29. The molecule has 0 saturated carbocycles. The van der Waals surface area contributed by atoms with Crippen LogP contribution in [0.4, 0.5) is 4.79 Å². The van der Waals surface area contributed by atoms with E-state index in [0.29, 0.717) is 29.1 Å². The van der Waals surface area contributed by atoms with Crippen LogP contribution >= 0.6 is 0 Å². The van der Waals surface area contributed by atoms with Crippen LogP contribution in [0.25, 0.3) is 22.2 Å². The minimum Gasteiger partial charge on any atom is -0.491 e. The summed E-state index contributed by atoms with van der Waals surface area (Å²) in [5, 5.41) is 3.77. The number of benzene rings is 2. The molecular weight excluding hydrogens is 380 g/mol. The summed E-state index contributed by atoms with van der Waals surface area (Å²) in [7, 11) is 0. The third-order valence-corrected chi connectivity index (χ3v) is 4.79. The van der Waals surface area contributed by atoms with Gasteiger partial charge in [-0.1, -0.05) is 18.2 Å². The number of fused-ring (bicyclic) bond motifs is 2. The summed E-state index contributed by atoms with van der Waals surface area (Å²) in [6.07, 6.45) is -0.501. The average molecular weight is 406 g/mol. The van der Waals surface area contributed by atoms with E-state index in [1.54, 1.807) is 4.57 Å². The number of aromatic nitrogens is 1. The SMILES string of the molecule is CC(C)Oc1cc2c(c(-c3cc4ccccc4n3C(=O)OC(C)(C)C)c1)C(=O)NC2. The number of ether oxygens (including phenoxy) is 2. The van der Waals surface area contributed by atoms with E-state index in [4.69, 9.17) is 9.47 Å². The molecular formula is C24H26N2O4. The van der Waals surface area contributed by atoms with Gasteiger partial charge in [-0.25, -0.2) is 9.36 Å². The fourth-order valence-corrected chi connectivity index (χ4v) is 3.74. The molecule has 6 heteroatoms. The van der Waals surface area contributed by atoms with E-state index < -0.39 is 11.7 Å². The lowest BCUT2D eigenvalue weighted by Crippen LogP contribution is -2.27. The van der Waals surface area contributed by atoms with Gasteiger partial charge in [0.15, 0.2) is 0 Å². The summed E-state index contributed by atoms with van der Waals surface area (Å²) in [4.78, 5) is 25.8. The van der Waals surface area contributed by atoms with Crippen LogP contribution in [0.3, 0.4) is 0 Å². The zero-order valence-corrected chi connectivity index (χ0v) is 17.9. The molecule has 0 aliphatic carbocycles. The molecule has 0 unspecified atom stereocenters. The summed E-state index contributed by atoms with van der Waals surface area (Å²) >= 11 is 0. The molecule has 1 N–H and O–H groups in total. The molecule has 3 aromatic rings. The average Bonchev–Trinajstić information content (AvgIpc) is 3.20. The second kappa shape index (κ2) is 7.20. The standard InChI is InChI=1S/C24H26N2O4/c1-14(2)29-17-10-16-13-25-22(27)21(16)18(12-17)20-11-15-8-6-7-9-19(15)26(20)23(28)30-24(3,4)5/h6-12,14H,13H2,1-5H3,(H,25,27). The van der Waals surface area contributed by atoms with E-state index in [1.807, 2.05) is 77.1 Å². The van der Waals surface area contributed by atoms with Crippen molar-refractivity contribution < 1.29 is 19.1 Å². The number of nitrogens with one attached hydrogen (secondary N) is 1. The minimum absolute atomic E-state index is 0.0160. The summed E-state index contributed by atoms with van der Waals surface area (Å²) in [5.74, 6) is 0.508. The van der Waals surface area contributed by atoms with Crippen molar-refractivity contribution in [3.05, 3.63) is 53.6 Å². The van der Waals surface area contributed by atoms with Gasteiger partial charge < -0.3 is 14.8 Å². The highest BCUT2D eigenvalue weighted by molar-refractivity contribution is 6.07. The highest BCUT2D eigenvalue weighted by Crippen LogP contribution is 2.37. The summed E-state index contributed by atoms with van der Waals surface area (Å²) in [5.41, 5.74) is 2.76. The van der Waals surface area contributed by atoms with Crippen molar-refractivity contribution in [2.24, 2.45) is 0 Å². The maximum atomic E-state index is 13.2. The van der Waals surface area contributed by atoms with Gasteiger partial charge in [-0.3, -0.25) is 4.79 Å². The molecule has 0 atom stereocenters. The quantitative estimate of drug-likeness (QED) is 0.655. The van der Waals surface area contributed by atoms with Gasteiger partial charge in [0.1, 0.15) is 11.4 Å². The topological polar surface area (TPSA) is 69.6 Å². The molecule has 6 nitrogen and oxygen atoms in total. The Bertz CT molecular complexity index is 1150. The van der Waals surface area contributed by atoms with Crippen molar-refractivity contribution >= 4 is 22.9 Å². The first kappa shape index (κ1) is 20.0. The van der Waals surface area contributed by atoms with Crippen LogP contribution in [0, 0.1) is 0 Å². The molecule has 2 aromatic carbocycles. The van der Waals surface area contributed by atoms with Crippen molar-refractivity contribution in [2.45, 2.75) is 52.9 Å². The van der Waals surface area contributed by atoms with Gasteiger partial charge in [0.05, 0.1) is 22.9 Å².